The van der Waals surface area contributed by atoms with Crippen LogP contribution in [0.1, 0.15) is 12.5 Å². The molecular formula is C15H12ClN3O2S. The first-order chi connectivity index (χ1) is 10.5. The van der Waals surface area contributed by atoms with Crippen molar-refractivity contribution >= 4 is 35.0 Å². The molecule has 0 aliphatic carbocycles. The second-order valence-corrected chi connectivity index (χ2v) is 6.19. The summed E-state index contributed by atoms with van der Waals surface area (Å²) in [5, 5.41) is 23.4. The van der Waals surface area contributed by atoms with Crippen molar-refractivity contribution in [2.45, 2.75) is 17.2 Å². The molecule has 0 saturated carbocycles. The number of hydrogen-bond acceptors (Lipinski definition) is 4. The molecule has 1 aromatic carbocycles. The lowest BCUT2D eigenvalue weighted by atomic mass is 10.2. The Balaban J connectivity index is 2.04. The number of benzene rings is 1. The lowest BCUT2D eigenvalue weighted by Gasteiger charge is -2.12. The van der Waals surface area contributed by atoms with Crippen LogP contribution in [0.5, 0.6) is 0 Å². The monoisotopic (exact) mass is 333 g/mol. The third-order valence-corrected chi connectivity index (χ3v) is 4.25. The van der Waals surface area contributed by atoms with Gasteiger partial charge in [0.25, 0.3) is 5.03 Å². The third kappa shape index (κ3) is 3.91. The quantitative estimate of drug-likeness (QED) is 0.530. The molecule has 0 saturated heterocycles. The third-order valence-electron chi connectivity index (χ3n) is 2.81. The van der Waals surface area contributed by atoms with Crippen molar-refractivity contribution in [1.29, 1.82) is 5.26 Å². The number of pyridine rings is 1. The van der Waals surface area contributed by atoms with E-state index in [1.807, 2.05) is 6.07 Å². The van der Waals surface area contributed by atoms with Crippen LogP contribution in [-0.2, 0) is 4.79 Å². The lowest BCUT2D eigenvalue weighted by Crippen LogP contribution is -2.30. The number of aromatic nitrogens is 1. The zero-order chi connectivity index (χ0) is 16.1. The molecule has 0 aliphatic rings. The summed E-state index contributed by atoms with van der Waals surface area (Å²) < 4.78 is 0.715. The first kappa shape index (κ1) is 16.1. The van der Waals surface area contributed by atoms with E-state index in [9.17, 15) is 10.0 Å². The summed E-state index contributed by atoms with van der Waals surface area (Å²) in [5.74, 6) is -0.255. The van der Waals surface area contributed by atoms with Crippen molar-refractivity contribution in [2.75, 3.05) is 5.32 Å². The minimum Gasteiger partial charge on any atom is -0.618 e. The maximum Gasteiger partial charge on any atom is 0.252 e. The number of rotatable bonds is 4. The van der Waals surface area contributed by atoms with E-state index in [1.165, 1.54) is 12.3 Å². The highest BCUT2D eigenvalue weighted by atomic mass is 35.5. The molecule has 5 nitrogen and oxygen atoms in total. The molecule has 0 fully saturated rings. The Morgan fingerprint density at radius 1 is 1.45 bits per heavy atom. The highest BCUT2D eigenvalue weighted by molar-refractivity contribution is 8.00. The number of halogens is 1. The molecule has 1 aromatic heterocycles. The molecule has 0 aliphatic heterocycles. The second kappa shape index (κ2) is 7.16. The van der Waals surface area contributed by atoms with Gasteiger partial charge in [-0.1, -0.05) is 11.6 Å². The van der Waals surface area contributed by atoms with E-state index in [-0.39, 0.29) is 10.9 Å². The van der Waals surface area contributed by atoms with Gasteiger partial charge in [-0.25, -0.2) is 0 Å². The molecule has 22 heavy (non-hydrogen) atoms. The summed E-state index contributed by atoms with van der Waals surface area (Å²) in [6.45, 7) is 1.71. The Bertz CT molecular complexity index is 746. The van der Waals surface area contributed by atoms with Gasteiger partial charge >= 0.3 is 0 Å². The average molecular weight is 334 g/mol. The molecule has 0 radical (unpaired) electrons. The standard InChI is InChI=1S/C15H12ClN3O2S/c1-10(22-14-4-2-3-7-19(14)21)15(20)18-12-6-5-11(9-17)13(16)8-12/h2-8,10H,1H3,(H,18,20)/t10-/m1/s1. The van der Waals surface area contributed by atoms with Gasteiger partial charge in [0.15, 0.2) is 6.20 Å². The van der Waals surface area contributed by atoms with Gasteiger partial charge in [-0.2, -0.15) is 9.99 Å². The molecular weight excluding hydrogens is 322 g/mol. The van der Waals surface area contributed by atoms with E-state index in [0.717, 1.165) is 11.8 Å². The summed E-state index contributed by atoms with van der Waals surface area (Å²) in [6.07, 6.45) is 1.38. The predicted molar refractivity (Wildman–Crippen MR) is 85.5 cm³/mol. The molecule has 1 heterocycles. The van der Waals surface area contributed by atoms with Crippen LogP contribution in [0.3, 0.4) is 0 Å². The average Bonchev–Trinajstić information content (AvgIpc) is 2.49. The normalized spacial score (nSPS) is 11.5. The van der Waals surface area contributed by atoms with Gasteiger partial charge in [0.2, 0.25) is 5.91 Å². The number of nitrogens with zero attached hydrogens (tertiary/aromatic N) is 2. The maximum absolute atomic E-state index is 12.1. The van der Waals surface area contributed by atoms with Crippen LogP contribution in [0.15, 0.2) is 47.6 Å². The summed E-state index contributed by atoms with van der Waals surface area (Å²) in [7, 11) is 0. The Kier molecular flexibility index (Phi) is 5.26. The maximum atomic E-state index is 12.1. The Morgan fingerprint density at radius 2 is 2.23 bits per heavy atom. The molecule has 7 heteroatoms. The SMILES string of the molecule is C[C@@H](Sc1cccc[n+]1[O-])C(=O)Nc1ccc(C#N)c(Cl)c1. The molecule has 0 bridgehead atoms. The van der Waals surface area contributed by atoms with Crippen molar-refractivity contribution in [2.24, 2.45) is 0 Å². The van der Waals surface area contributed by atoms with Crippen molar-refractivity contribution in [3.05, 3.63) is 58.4 Å². The fourth-order valence-corrected chi connectivity index (χ4v) is 2.74. The minimum absolute atomic E-state index is 0.255. The van der Waals surface area contributed by atoms with Crippen LogP contribution in [-0.4, -0.2) is 11.2 Å². The largest absolute Gasteiger partial charge is 0.618 e. The van der Waals surface area contributed by atoms with Crippen LogP contribution in [0.25, 0.3) is 0 Å². The summed E-state index contributed by atoms with van der Waals surface area (Å²) >= 11 is 7.08. The molecule has 2 rings (SSSR count). The zero-order valence-electron chi connectivity index (χ0n) is 11.6. The molecule has 1 amide bonds. The van der Waals surface area contributed by atoms with Gasteiger partial charge < -0.3 is 10.5 Å². The summed E-state index contributed by atoms with van der Waals surface area (Å²) in [4.78, 5) is 12.1. The van der Waals surface area contributed by atoms with Crippen molar-refractivity contribution in [3.63, 3.8) is 0 Å². The fraction of sp³-hybridized carbons (Fsp3) is 0.133. The molecule has 112 valence electrons. The van der Waals surface area contributed by atoms with Crippen LogP contribution in [0.4, 0.5) is 5.69 Å². The number of amides is 1. The van der Waals surface area contributed by atoms with E-state index >= 15 is 0 Å². The van der Waals surface area contributed by atoms with E-state index in [4.69, 9.17) is 16.9 Å². The smallest absolute Gasteiger partial charge is 0.252 e. The minimum atomic E-state index is -0.461. The number of carbonyl (C=O) groups excluding carboxylic acids is 1. The van der Waals surface area contributed by atoms with Gasteiger partial charge in [0, 0.05) is 17.8 Å². The van der Waals surface area contributed by atoms with Gasteiger partial charge in [-0.05, 0) is 43.0 Å². The van der Waals surface area contributed by atoms with Crippen molar-refractivity contribution in [1.82, 2.24) is 0 Å². The van der Waals surface area contributed by atoms with Crippen LogP contribution < -0.4 is 10.0 Å². The van der Waals surface area contributed by atoms with Crippen LogP contribution in [0.2, 0.25) is 5.02 Å². The molecule has 0 spiro atoms. The Labute approximate surface area is 137 Å². The Hall–Kier alpha value is -2.23. The number of anilines is 1. The first-order valence-corrected chi connectivity index (χ1v) is 7.62. The van der Waals surface area contributed by atoms with Gasteiger partial charge in [0.1, 0.15) is 6.07 Å². The van der Waals surface area contributed by atoms with E-state index in [2.05, 4.69) is 5.32 Å². The van der Waals surface area contributed by atoms with Crippen LogP contribution in [0, 0.1) is 16.5 Å². The molecule has 1 N–H and O–H groups in total. The predicted octanol–water partition coefficient (Wildman–Crippen LogP) is 2.96. The van der Waals surface area contributed by atoms with E-state index < -0.39 is 5.25 Å². The zero-order valence-corrected chi connectivity index (χ0v) is 13.2. The van der Waals surface area contributed by atoms with E-state index in [1.54, 1.807) is 37.3 Å². The molecule has 1 atom stereocenters. The van der Waals surface area contributed by atoms with Gasteiger partial charge in [-0.15, -0.1) is 0 Å². The van der Waals surface area contributed by atoms with Crippen molar-refractivity contribution in [3.8, 4) is 6.07 Å². The Morgan fingerprint density at radius 3 is 2.86 bits per heavy atom. The topological polar surface area (TPSA) is 79.8 Å². The van der Waals surface area contributed by atoms with Gasteiger partial charge in [0.05, 0.1) is 15.8 Å². The summed E-state index contributed by atoms with van der Waals surface area (Å²) in [5.41, 5.74) is 0.850. The first-order valence-electron chi connectivity index (χ1n) is 6.36. The number of nitrogens with one attached hydrogen (secondary N) is 1. The number of hydrogen-bond donors (Lipinski definition) is 1. The summed E-state index contributed by atoms with van der Waals surface area (Å²) in [6, 6.07) is 11.6. The van der Waals surface area contributed by atoms with Gasteiger partial charge in [-0.3, -0.25) is 4.79 Å². The number of nitriles is 1. The highest BCUT2D eigenvalue weighted by Crippen LogP contribution is 2.23. The number of carbonyl (C=O) groups is 1. The molecule has 0 unspecified atom stereocenters. The molecule has 2 aromatic rings. The van der Waals surface area contributed by atoms with E-state index in [0.29, 0.717) is 21.0 Å². The van der Waals surface area contributed by atoms with Crippen molar-refractivity contribution < 1.29 is 9.52 Å². The van der Waals surface area contributed by atoms with Crippen LogP contribution >= 0.6 is 23.4 Å². The highest BCUT2D eigenvalue weighted by Gasteiger charge is 2.19. The second-order valence-electron chi connectivity index (χ2n) is 4.42. The fourth-order valence-electron chi connectivity index (χ4n) is 1.67. The lowest BCUT2D eigenvalue weighted by molar-refractivity contribution is -0.645. The number of thioether (sulfide) groups is 1.